The molecule has 1 N–H and O–H groups in total. The van der Waals surface area contributed by atoms with Crippen LogP contribution in [-0.2, 0) is 15.0 Å². The predicted octanol–water partition coefficient (Wildman–Crippen LogP) is 2.72. The summed E-state index contributed by atoms with van der Waals surface area (Å²) in [5.41, 5.74) is 2.14. The van der Waals surface area contributed by atoms with Crippen molar-refractivity contribution in [1.82, 2.24) is 9.80 Å². The summed E-state index contributed by atoms with van der Waals surface area (Å²) < 4.78 is 0. The van der Waals surface area contributed by atoms with Gasteiger partial charge in [0.15, 0.2) is 0 Å². The molecular formula is C21H31N3O2. The minimum Gasteiger partial charge on any atom is -0.340 e. The largest absolute Gasteiger partial charge is 0.340 e. The molecule has 2 atom stereocenters. The maximum Gasteiger partial charge on any atom is 0.228 e. The third-order valence-corrected chi connectivity index (χ3v) is 5.59. The lowest BCUT2D eigenvalue weighted by Gasteiger charge is -2.34. The van der Waals surface area contributed by atoms with E-state index in [4.69, 9.17) is 0 Å². The molecule has 1 saturated carbocycles. The molecule has 1 heterocycles. The van der Waals surface area contributed by atoms with Gasteiger partial charge >= 0.3 is 0 Å². The number of likely N-dealkylation sites (N-methyl/N-ethyl adjacent to an activating group) is 1. The van der Waals surface area contributed by atoms with E-state index in [1.807, 2.05) is 17.0 Å². The Balaban J connectivity index is 1.50. The third kappa shape index (κ3) is 4.26. The predicted molar refractivity (Wildman–Crippen MR) is 104 cm³/mol. The summed E-state index contributed by atoms with van der Waals surface area (Å²) in [6, 6.07) is 8.00. The summed E-state index contributed by atoms with van der Waals surface area (Å²) in [6.45, 7) is 13.1. The third-order valence-electron chi connectivity index (χ3n) is 5.59. The van der Waals surface area contributed by atoms with Crippen LogP contribution in [0.1, 0.15) is 39.7 Å². The van der Waals surface area contributed by atoms with E-state index in [9.17, 15) is 9.59 Å². The van der Waals surface area contributed by atoms with Crippen LogP contribution in [0.4, 0.5) is 5.69 Å². The molecule has 1 saturated heterocycles. The van der Waals surface area contributed by atoms with Gasteiger partial charge in [-0.25, -0.2) is 0 Å². The summed E-state index contributed by atoms with van der Waals surface area (Å²) in [5, 5.41) is 2.97. The Morgan fingerprint density at radius 2 is 1.65 bits per heavy atom. The van der Waals surface area contributed by atoms with Crippen LogP contribution in [0.25, 0.3) is 0 Å². The first-order valence-electron chi connectivity index (χ1n) is 9.72. The molecule has 0 aromatic heterocycles. The smallest absolute Gasteiger partial charge is 0.228 e. The second kappa shape index (κ2) is 7.39. The standard InChI is InChI=1S/C21H31N3O2/c1-5-23-10-12-24(13-11-23)20(26)18-14-17(18)19(25)22-16-8-6-15(7-9-16)21(2,3)4/h6-9,17-18H,5,10-14H2,1-4H3,(H,22,25). The van der Waals surface area contributed by atoms with E-state index in [0.717, 1.165) is 38.4 Å². The van der Waals surface area contributed by atoms with Gasteiger partial charge in [-0.3, -0.25) is 9.59 Å². The number of carbonyl (C=O) groups is 2. The van der Waals surface area contributed by atoms with Crippen LogP contribution in [0.2, 0.25) is 0 Å². The van der Waals surface area contributed by atoms with E-state index >= 15 is 0 Å². The van der Waals surface area contributed by atoms with E-state index in [1.54, 1.807) is 0 Å². The molecule has 1 aliphatic carbocycles. The van der Waals surface area contributed by atoms with Gasteiger partial charge in [0, 0.05) is 31.9 Å². The van der Waals surface area contributed by atoms with Crippen molar-refractivity contribution < 1.29 is 9.59 Å². The normalized spacial score (nSPS) is 23.6. The first-order valence-corrected chi connectivity index (χ1v) is 9.72. The van der Waals surface area contributed by atoms with Crippen LogP contribution in [0.5, 0.6) is 0 Å². The second-order valence-corrected chi connectivity index (χ2v) is 8.52. The number of benzene rings is 1. The lowest BCUT2D eigenvalue weighted by molar-refractivity contribution is -0.135. The van der Waals surface area contributed by atoms with E-state index in [-0.39, 0.29) is 29.1 Å². The molecule has 26 heavy (non-hydrogen) atoms. The molecule has 142 valence electrons. The van der Waals surface area contributed by atoms with Crippen LogP contribution in [0.15, 0.2) is 24.3 Å². The Bertz CT molecular complexity index is 655. The number of piperazine rings is 1. The molecule has 1 aromatic carbocycles. The molecule has 2 fully saturated rings. The van der Waals surface area contributed by atoms with Crippen LogP contribution in [0, 0.1) is 11.8 Å². The molecular weight excluding hydrogens is 326 g/mol. The molecule has 5 nitrogen and oxygen atoms in total. The van der Waals surface area contributed by atoms with E-state index < -0.39 is 0 Å². The van der Waals surface area contributed by atoms with Crippen molar-refractivity contribution in [3.63, 3.8) is 0 Å². The topological polar surface area (TPSA) is 52.7 Å². The van der Waals surface area contributed by atoms with Gasteiger partial charge in [-0.2, -0.15) is 0 Å². The second-order valence-electron chi connectivity index (χ2n) is 8.52. The number of amides is 2. The van der Waals surface area contributed by atoms with Gasteiger partial charge in [0.2, 0.25) is 11.8 Å². The van der Waals surface area contributed by atoms with Gasteiger partial charge < -0.3 is 15.1 Å². The molecule has 1 aliphatic heterocycles. The summed E-state index contributed by atoms with van der Waals surface area (Å²) in [7, 11) is 0. The van der Waals surface area contributed by atoms with Crippen LogP contribution in [-0.4, -0.2) is 54.3 Å². The van der Waals surface area contributed by atoms with Gasteiger partial charge in [-0.1, -0.05) is 39.8 Å². The van der Waals surface area contributed by atoms with E-state index in [1.165, 1.54) is 5.56 Å². The van der Waals surface area contributed by atoms with Gasteiger partial charge in [0.25, 0.3) is 0 Å². The summed E-state index contributed by atoms with van der Waals surface area (Å²) >= 11 is 0. The van der Waals surface area contributed by atoms with Crippen LogP contribution < -0.4 is 5.32 Å². The Hall–Kier alpha value is -1.88. The number of rotatable bonds is 4. The van der Waals surface area contributed by atoms with Crippen LogP contribution in [0.3, 0.4) is 0 Å². The lowest BCUT2D eigenvalue weighted by Crippen LogP contribution is -2.49. The Morgan fingerprint density at radius 3 is 2.19 bits per heavy atom. The zero-order valence-electron chi connectivity index (χ0n) is 16.4. The quantitative estimate of drug-likeness (QED) is 0.901. The molecule has 0 radical (unpaired) electrons. The maximum atomic E-state index is 12.6. The van der Waals surface area contributed by atoms with Crippen molar-refractivity contribution in [2.75, 3.05) is 38.0 Å². The number of nitrogens with zero attached hydrogens (tertiary/aromatic N) is 2. The van der Waals surface area contributed by atoms with Gasteiger partial charge in [0.1, 0.15) is 0 Å². The lowest BCUT2D eigenvalue weighted by atomic mass is 9.87. The van der Waals surface area contributed by atoms with Crippen molar-refractivity contribution in [3.8, 4) is 0 Å². The highest BCUT2D eigenvalue weighted by Crippen LogP contribution is 2.41. The SMILES string of the molecule is CCN1CCN(C(=O)C2CC2C(=O)Nc2ccc(C(C)(C)C)cc2)CC1. The fourth-order valence-electron chi connectivity index (χ4n) is 3.57. The molecule has 1 aromatic rings. The van der Waals surface area contributed by atoms with Gasteiger partial charge in [0.05, 0.1) is 11.8 Å². The number of carbonyl (C=O) groups excluding carboxylic acids is 2. The molecule has 0 bridgehead atoms. The fourth-order valence-corrected chi connectivity index (χ4v) is 3.57. The summed E-state index contributed by atoms with van der Waals surface area (Å²) in [5.74, 6) is -0.172. The Kier molecular flexibility index (Phi) is 5.37. The van der Waals surface area contributed by atoms with E-state index in [2.05, 4.69) is 50.0 Å². The average Bonchev–Trinajstić information content (AvgIpc) is 3.42. The highest BCUT2D eigenvalue weighted by atomic mass is 16.2. The molecule has 2 amide bonds. The monoisotopic (exact) mass is 357 g/mol. The van der Waals surface area contributed by atoms with Gasteiger partial charge in [-0.05, 0) is 36.1 Å². The van der Waals surface area contributed by atoms with Crippen molar-refractivity contribution >= 4 is 17.5 Å². The minimum absolute atomic E-state index is 0.0287. The summed E-state index contributed by atoms with van der Waals surface area (Å²) in [6.07, 6.45) is 0.679. The van der Waals surface area contributed by atoms with Crippen molar-refractivity contribution in [3.05, 3.63) is 29.8 Å². The number of hydrogen-bond donors (Lipinski definition) is 1. The zero-order valence-corrected chi connectivity index (χ0v) is 16.4. The molecule has 2 aliphatic rings. The Morgan fingerprint density at radius 1 is 1.04 bits per heavy atom. The number of anilines is 1. The zero-order chi connectivity index (χ0) is 18.9. The first-order chi connectivity index (χ1) is 12.3. The summed E-state index contributed by atoms with van der Waals surface area (Å²) in [4.78, 5) is 29.3. The van der Waals surface area contributed by atoms with Gasteiger partial charge in [-0.15, -0.1) is 0 Å². The number of hydrogen-bond acceptors (Lipinski definition) is 3. The average molecular weight is 357 g/mol. The fraction of sp³-hybridized carbons (Fsp3) is 0.619. The highest BCUT2D eigenvalue weighted by Gasteiger charge is 2.49. The molecule has 5 heteroatoms. The first kappa shape index (κ1) is 18.9. The van der Waals surface area contributed by atoms with Crippen molar-refractivity contribution in [2.24, 2.45) is 11.8 Å². The minimum atomic E-state index is -0.172. The Labute approximate surface area is 156 Å². The molecule has 2 unspecified atom stereocenters. The maximum absolute atomic E-state index is 12.6. The van der Waals surface area contributed by atoms with Crippen molar-refractivity contribution in [2.45, 2.75) is 39.5 Å². The number of nitrogens with one attached hydrogen (secondary N) is 1. The molecule has 0 spiro atoms. The molecule has 3 rings (SSSR count). The van der Waals surface area contributed by atoms with E-state index in [0.29, 0.717) is 6.42 Å². The van der Waals surface area contributed by atoms with Crippen LogP contribution >= 0.6 is 0 Å². The highest BCUT2D eigenvalue weighted by molar-refractivity contribution is 5.99. The van der Waals surface area contributed by atoms with Crippen molar-refractivity contribution in [1.29, 1.82) is 0 Å².